The number of alkyl halides is 1. The third kappa shape index (κ3) is 3.55. The molecular formula is C19H14Cl2O4. The van der Waals surface area contributed by atoms with Crippen molar-refractivity contribution in [2.75, 3.05) is 0 Å². The van der Waals surface area contributed by atoms with Crippen LogP contribution in [0.25, 0.3) is 6.08 Å². The summed E-state index contributed by atoms with van der Waals surface area (Å²) >= 11 is 11.7. The highest BCUT2D eigenvalue weighted by atomic mass is 35.5. The number of rotatable bonds is 3. The summed E-state index contributed by atoms with van der Waals surface area (Å²) in [4.78, 5) is 24.2. The number of ether oxygens (including phenoxy) is 2. The highest BCUT2D eigenvalue weighted by Crippen LogP contribution is 2.39. The van der Waals surface area contributed by atoms with Crippen LogP contribution in [0.4, 0.5) is 0 Å². The average Bonchev–Trinajstić information content (AvgIpc) is 2.87. The second-order valence-corrected chi connectivity index (χ2v) is 6.69. The van der Waals surface area contributed by atoms with E-state index < -0.39 is 11.3 Å². The third-order valence-electron chi connectivity index (χ3n) is 3.72. The maximum Gasteiger partial charge on any atom is 0.329 e. The van der Waals surface area contributed by atoms with Gasteiger partial charge in [-0.2, -0.15) is 0 Å². The first-order chi connectivity index (χ1) is 11.9. The lowest BCUT2D eigenvalue weighted by Crippen LogP contribution is -2.18. The van der Waals surface area contributed by atoms with Crippen molar-refractivity contribution >= 4 is 41.0 Å². The second-order valence-electron chi connectivity index (χ2n) is 5.60. The van der Waals surface area contributed by atoms with Crippen LogP contribution in [0.2, 0.25) is 5.02 Å². The van der Waals surface area contributed by atoms with Crippen LogP contribution in [0.15, 0.2) is 42.2 Å². The molecule has 0 radical (unpaired) electrons. The number of halogens is 2. The molecule has 128 valence electrons. The zero-order chi connectivity index (χ0) is 18.1. The van der Waals surface area contributed by atoms with Gasteiger partial charge < -0.3 is 9.47 Å². The molecule has 3 rings (SSSR count). The normalized spacial score (nSPS) is 15.7. The first kappa shape index (κ1) is 17.5. The van der Waals surface area contributed by atoms with Crippen molar-refractivity contribution < 1.29 is 19.1 Å². The van der Waals surface area contributed by atoms with E-state index >= 15 is 0 Å². The Hall–Kier alpha value is -2.30. The monoisotopic (exact) mass is 376 g/mol. The quantitative estimate of drug-likeness (QED) is 0.334. The minimum atomic E-state index is -0.770. The molecule has 2 aromatic carbocycles. The van der Waals surface area contributed by atoms with Gasteiger partial charge in [0.05, 0.1) is 5.56 Å². The van der Waals surface area contributed by atoms with E-state index in [1.54, 1.807) is 43.3 Å². The van der Waals surface area contributed by atoms with Crippen molar-refractivity contribution in [1.29, 1.82) is 0 Å². The van der Waals surface area contributed by atoms with Gasteiger partial charge in [0.1, 0.15) is 16.9 Å². The zero-order valence-electron chi connectivity index (χ0n) is 13.5. The first-order valence-corrected chi connectivity index (χ1v) is 8.37. The Labute approximate surface area is 155 Å². The molecule has 6 heteroatoms. The zero-order valence-corrected chi connectivity index (χ0v) is 15.0. The summed E-state index contributed by atoms with van der Waals surface area (Å²) in [7, 11) is 0. The van der Waals surface area contributed by atoms with Crippen LogP contribution in [0.3, 0.4) is 0 Å². The van der Waals surface area contributed by atoms with E-state index in [1.807, 2.05) is 6.07 Å². The maximum atomic E-state index is 12.5. The molecule has 1 aliphatic rings. The molecule has 0 spiro atoms. The lowest BCUT2D eigenvalue weighted by Gasteiger charge is -2.10. The number of benzene rings is 2. The van der Waals surface area contributed by atoms with E-state index in [0.29, 0.717) is 27.6 Å². The van der Waals surface area contributed by atoms with E-state index in [1.165, 1.54) is 6.92 Å². The number of carbonyl (C=O) groups is 2. The Morgan fingerprint density at radius 2 is 2.04 bits per heavy atom. The van der Waals surface area contributed by atoms with Crippen LogP contribution in [0, 0.1) is 6.92 Å². The standard InChI is InChI=1S/C19H14Cl2O4/c1-10-15(25-19(23)11(2)20)7-6-14-17(22)16(24-18(10)14)9-12-4-3-5-13(21)8-12/h3-9,11H,1-2H3/b16-9-. The molecule has 0 aliphatic carbocycles. The van der Waals surface area contributed by atoms with Gasteiger partial charge in [-0.3, -0.25) is 9.59 Å². The number of Topliss-reactive ketones (excluding diaryl/α,β-unsaturated/α-hetero) is 1. The fourth-order valence-electron chi connectivity index (χ4n) is 2.42. The molecular weight excluding hydrogens is 363 g/mol. The summed E-state index contributed by atoms with van der Waals surface area (Å²) in [6.45, 7) is 3.24. The van der Waals surface area contributed by atoms with E-state index in [-0.39, 0.29) is 11.5 Å². The van der Waals surface area contributed by atoms with E-state index in [2.05, 4.69) is 0 Å². The number of carbonyl (C=O) groups excluding carboxylic acids is 2. The molecule has 1 atom stereocenters. The molecule has 0 amide bonds. The Morgan fingerprint density at radius 1 is 1.28 bits per heavy atom. The number of allylic oxidation sites excluding steroid dienone is 1. The number of fused-ring (bicyclic) bond motifs is 1. The van der Waals surface area contributed by atoms with Gasteiger partial charge in [0.15, 0.2) is 5.76 Å². The smallest absolute Gasteiger partial charge is 0.329 e. The molecule has 2 aromatic rings. The molecule has 0 bridgehead atoms. The Balaban J connectivity index is 1.93. The largest absolute Gasteiger partial charge is 0.452 e. The van der Waals surface area contributed by atoms with E-state index in [4.69, 9.17) is 32.7 Å². The van der Waals surface area contributed by atoms with Gasteiger partial charge in [0, 0.05) is 10.6 Å². The maximum absolute atomic E-state index is 12.5. The molecule has 0 fully saturated rings. The number of hydrogen-bond acceptors (Lipinski definition) is 4. The molecule has 4 nitrogen and oxygen atoms in total. The lowest BCUT2D eigenvalue weighted by molar-refractivity contribution is -0.133. The predicted octanol–water partition coefficient (Wildman–Crippen LogP) is 4.80. The fraction of sp³-hybridized carbons (Fsp3) is 0.158. The van der Waals surface area contributed by atoms with Crippen LogP contribution < -0.4 is 9.47 Å². The van der Waals surface area contributed by atoms with Crippen molar-refractivity contribution in [2.24, 2.45) is 0 Å². The minimum absolute atomic E-state index is 0.189. The number of ketones is 1. The third-order valence-corrected chi connectivity index (χ3v) is 4.13. The summed E-state index contributed by atoms with van der Waals surface area (Å²) in [5, 5.41) is -0.202. The highest BCUT2D eigenvalue weighted by Gasteiger charge is 2.30. The van der Waals surface area contributed by atoms with E-state index in [0.717, 1.165) is 5.56 Å². The van der Waals surface area contributed by atoms with Gasteiger partial charge in [0.2, 0.25) is 5.78 Å². The van der Waals surface area contributed by atoms with Crippen molar-refractivity contribution in [3.05, 3.63) is 63.9 Å². The molecule has 1 heterocycles. The van der Waals surface area contributed by atoms with Crippen molar-refractivity contribution in [3.63, 3.8) is 0 Å². The average molecular weight is 377 g/mol. The molecule has 0 saturated carbocycles. The lowest BCUT2D eigenvalue weighted by atomic mass is 10.1. The van der Waals surface area contributed by atoms with Gasteiger partial charge in [0.25, 0.3) is 0 Å². The van der Waals surface area contributed by atoms with Crippen molar-refractivity contribution in [2.45, 2.75) is 19.2 Å². The SMILES string of the molecule is Cc1c(OC(=O)C(C)Cl)ccc2c1O/C(=C\c1cccc(Cl)c1)C2=O. The van der Waals surface area contributed by atoms with Gasteiger partial charge in [-0.15, -0.1) is 11.6 Å². The summed E-state index contributed by atoms with van der Waals surface area (Å²) < 4.78 is 11.0. The Bertz CT molecular complexity index is 900. The molecule has 0 N–H and O–H groups in total. The molecule has 25 heavy (non-hydrogen) atoms. The van der Waals surface area contributed by atoms with Crippen LogP contribution >= 0.6 is 23.2 Å². The highest BCUT2D eigenvalue weighted by molar-refractivity contribution is 6.30. The van der Waals surface area contributed by atoms with Crippen molar-refractivity contribution in [3.8, 4) is 11.5 Å². The minimum Gasteiger partial charge on any atom is -0.452 e. The fourth-order valence-corrected chi connectivity index (χ4v) is 2.66. The molecule has 1 aliphatic heterocycles. The predicted molar refractivity (Wildman–Crippen MR) is 96.5 cm³/mol. The van der Waals surface area contributed by atoms with Crippen LogP contribution in [0.5, 0.6) is 11.5 Å². The Kier molecular flexibility index (Phi) is 4.84. The number of esters is 1. The summed E-state index contributed by atoms with van der Waals surface area (Å²) in [5.74, 6) is 0.0822. The van der Waals surface area contributed by atoms with Gasteiger partial charge in [-0.25, -0.2) is 0 Å². The van der Waals surface area contributed by atoms with E-state index in [9.17, 15) is 9.59 Å². The Morgan fingerprint density at radius 3 is 2.72 bits per heavy atom. The van der Waals surface area contributed by atoms with Gasteiger partial charge in [-0.05, 0) is 49.8 Å². The number of hydrogen-bond donors (Lipinski definition) is 0. The first-order valence-electron chi connectivity index (χ1n) is 7.56. The second kappa shape index (κ2) is 6.90. The van der Waals surface area contributed by atoms with Crippen molar-refractivity contribution in [1.82, 2.24) is 0 Å². The van der Waals surface area contributed by atoms with Crippen LogP contribution in [-0.2, 0) is 4.79 Å². The summed E-state index contributed by atoms with van der Waals surface area (Å²) in [5.41, 5.74) is 1.74. The molecule has 0 saturated heterocycles. The van der Waals surface area contributed by atoms with Crippen LogP contribution in [-0.4, -0.2) is 17.1 Å². The van der Waals surface area contributed by atoms with Crippen LogP contribution in [0.1, 0.15) is 28.4 Å². The molecule has 0 aromatic heterocycles. The van der Waals surface area contributed by atoms with Gasteiger partial charge >= 0.3 is 5.97 Å². The summed E-state index contributed by atoms with van der Waals surface area (Å²) in [6, 6.07) is 10.2. The molecule has 1 unspecified atom stereocenters. The summed E-state index contributed by atoms with van der Waals surface area (Å²) in [6.07, 6.45) is 1.63. The van der Waals surface area contributed by atoms with Gasteiger partial charge in [-0.1, -0.05) is 23.7 Å². The topological polar surface area (TPSA) is 52.6 Å².